The van der Waals surface area contributed by atoms with Crippen molar-refractivity contribution >= 4 is 21.8 Å². The molecule has 7 heteroatoms. The third kappa shape index (κ3) is 2.60. The summed E-state index contributed by atoms with van der Waals surface area (Å²) >= 11 is 0. The van der Waals surface area contributed by atoms with Crippen LogP contribution in [0.1, 0.15) is 0 Å². The topological polar surface area (TPSA) is 86.7 Å². The molecule has 0 radical (unpaired) electrons. The summed E-state index contributed by atoms with van der Waals surface area (Å²) in [6.45, 7) is 0. The van der Waals surface area contributed by atoms with Crippen molar-refractivity contribution in [3.63, 3.8) is 0 Å². The van der Waals surface area contributed by atoms with Crippen LogP contribution >= 0.6 is 0 Å². The highest BCUT2D eigenvalue weighted by Gasteiger charge is 2.40. The Kier molecular flexibility index (Phi) is 3.69. The maximum Gasteiger partial charge on any atom is 0.320 e. The van der Waals surface area contributed by atoms with Crippen LogP contribution in [0.5, 0.6) is 0 Å². The normalized spacial score (nSPS) is 22.1. The summed E-state index contributed by atoms with van der Waals surface area (Å²) in [4.78, 5) is 22.7. The molecule has 90 valence electrons. The van der Waals surface area contributed by atoms with E-state index in [1.54, 1.807) is 0 Å². The minimum absolute atomic E-state index is 0.276. The predicted octanol–water partition coefficient (Wildman–Crippen LogP) is -0.493. The molecule has 1 aliphatic rings. The fourth-order valence-corrected chi connectivity index (χ4v) is 2.90. The highest BCUT2D eigenvalue weighted by Crippen LogP contribution is 2.25. The standard InChI is InChI=1S/C9H12O6S/c1-14-8(10)7(9(11)15-2)6-3-4-16(12,13)5-6/h3-4,6-7H,5H2,1-2H3/t6-/m1/s1. The molecule has 16 heavy (non-hydrogen) atoms. The van der Waals surface area contributed by atoms with Crippen molar-refractivity contribution in [1.82, 2.24) is 0 Å². The Balaban J connectivity index is 2.92. The molecule has 0 fully saturated rings. The van der Waals surface area contributed by atoms with E-state index in [9.17, 15) is 18.0 Å². The minimum atomic E-state index is -3.32. The fourth-order valence-electron chi connectivity index (χ4n) is 1.51. The first-order valence-electron chi connectivity index (χ1n) is 4.48. The Morgan fingerprint density at radius 2 is 1.75 bits per heavy atom. The lowest BCUT2D eigenvalue weighted by Gasteiger charge is -2.16. The smallest absolute Gasteiger partial charge is 0.320 e. The molecule has 0 bridgehead atoms. The summed E-state index contributed by atoms with van der Waals surface area (Å²) < 4.78 is 31.2. The molecule has 0 aromatic rings. The van der Waals surface area contributed by atoms with E-state index in [1.807, 2.05) is 0 Å². The van der Waals surface area contributed by atoms with Crippen LogP contribution in [0.4, 0.5) is 0 Å². The van der Waals surface area contributed by atoms with Crippen molar-refractivity contribution in [2.24, 2.45) is 11.8 Å². The number of allylic oxidation sites excluding steroid dienone is 1. The molecule has 0 aromatic heterocycles. The Morgan fingerprint density at radius 3 is 2.06 bits per heavy atom. The van der Waals surface area contributed by atoms with Gasteiger partial charge in [0.2, 0.25) is 0 Å². The molecule has 1 rings (SSSR count). The van der Waals surface area contributed by atoms with E-state index < -0.39 is 33.6 Å². The molecule has 0 amide bonds. The van der Waals surface area contributed by atoms with Gasteiger partial charge in [0.1, 0.15) is 0 Å². The van der Waals surface area contributed by atoms with Gasteiger partial charge < -0.3 is 9.47 Å². The number of carbonyl (C=O) groups is 2. The van der Waals surface area contributed by atoms with Gasteiger partial charge in [0.25, 0.3) is 0 Å². The summed E-state index contributed by atoms with van der Waals surface area (Å²) in [6, 6.07) is 0. The number of methoxy groups -OCH3 is 2. The van der Waals surface area contributed by atoms with Gasteiger partial charge in [-0.2, -0.15) is 0 Å². The number of hydrogen-bond acceptors (Lipinski definition) is 6. The summed E-state index contributed by atoms with van der Waals surface area (Å²) in [7, 11) is -1.06. The van der Waals surface area contributed by atoms with Crippen molar-refractivity contribution in [3.8, 4) is 0 Å². The average Bonchev–Trinajstić information content (AvgIpc) is 2.58. The number of carbonyl (C=O) groups excluding carboxylic acids is 2. The molecule has 1 atom stereocenters. The molecule has 1 aliphatic heterocycles. The quantitative estimate of drug-likeness (QED) is 0.494. The average molecular weight is 248 g/mol. The molecule has 0 aliphatic carbocycles. The first-order valence-corrected chi connectivity index (χ1v) is 6.19. The summed E-state index contributed by atoms with van der Waals surface area (Å²) in [5.41, 5.74) is 0. The molecule has 6 nitrogen and oxygen atoms in total. The Hall–Kier alpha value is -1.37. The lowest BCUT2D eigenvalue weighted by Crippen LogP contribution is -2.34. The van der Waals surface area contributed by atoms with Crippen LogP contribution < -0.4 is 0 Å². The SMILES string of the molecule is COC(=O)C(C(=O)OC)[C@@H]1C=CS(=O)(=O)C1. The first kappa shape index (κ1) is 12.7. The van der Waals surface area contributed by atoms with Crippen molar-refractivity contribution in [2.75, 3.05) is 20.0 Å². The molecule has 0 saturated heterocycles. The summed E-state index contributed by atoms with van der Waals surface area (Å²) in [5, 5.41) is 0.997. The molecular weight excluding hydrogens is 236 g/mol. The lowest BCUT2D eigenvalue weighted by atomic mass is 9.94. The zero-order chi connectivity index (χ0) is 12.3. The van der Waals surface area contributed by atoms with Gasteiger partial charge in [-0.05, 0) is 0 Å². The van der Waals surface area contributed by atoms with Gasteiger partial charge in [-0.25, -0.2) is 8.42 Å². The Labute approximate surface area is 93.1 Å². The van der Waals surface area contributed by atoms with Crippen LogP contribution in [0.3, 0.4) is 0 Å². The summed E-state index contributed by atoms with van der Waals surface area (Å²) in [5.74, 6) is -3.80. The lowest BCUT2D eigenvalue weighted by molar-refractivity contribution is -0.160. The third-order valence-corrected chi connectivity index (χ3v) is 3.72. The van der Waals surface area contributed by atoms with Crippen LogP contribution in [-0.2, 0) is 28.9 Å². The van der Waals surface area contributed by atoms with Crippen LogP contribution in [0.15, 0.2) is 11.5 Å². The largest absolute Gasteiger partial charge is 0.468 e. The third-order valence-electron chi connectivity index (χ3n) is 2.30. The number of esters is 2. The van der Waals surface area contributed by atoms with E-state index >= 15 is 0 Å². The van der Waals surface area contributed by atoms with Gasteiger partial charge >= 0.3 is 11.9 Å². The maximum atomic E-state index is 11.4. The van der Waals surface area contributed by atoms with Gasteiger partial charge in [0.15, 0.2) is 15.8 Å². The van der Waals surface area contributed by atoms with Gasteiger partial charge in [-0.1, -0.05) is 6.08 Å². The van der Waals surface area contributed by atoms with Gasteiger partial charge in [0.05, 0.1) is 20.0 Å². The summed E-state index contributed by atoms with van der Waals surface area (Å²) in [6.07, 6.45) is 1.31. The molecule has 1 heterocycles. The van der Waals surface area contributed by atoms with Gasteiger partial charge in [-0.15, -0.1) is 0 Å². The molecule has 0 N–H and O–H groups in total. The second kappa shape index (κ2) is 4.65. The second-order valence-electron chi connectivity index (χ2n) is 3.35. The van der Waals surface area contributed by atoms with Crippen LogP contribution in [-0.4, -0.2) is 40.3 Å². The van der Waals surface area contributed by atoms with Gasteiger partial charge in [0, 0.05) is 11.3 Å². The molecular formula is C9H12O6S. The van der Waals surface area contributed by atoms with Crippen molar-refractivity contribution < 1.29 is 27.5 Å². The molecule has 0 saturated carbocycles. The monoisotopic (exact) mass is 248 g/mol. The Bertz CT molecular complexity index is 405. The van der Waals surface area contributed by atoms with Crippen LogP contribution in [0.2, 0.25) is 0 Å². The van der Waals surface area contributed by atoms with E-state index in [-0.39, 0.29) is 5.75 Å². The van der Waals surface area contributed by atoms with E-state index in [0.717, 1.165) is 19.6 Å². The van der Waals surface area contributed by atoms with E-state index in [0.29, 0.717) is 0 Å². The van der Waals surface area contributed by atoms with Gasteiger partial charge in [-0.3, -0.25) is 9.59 Å². The predicted molar refractivity (Wildman–Crippen MR) is 53.9 cm³/mol. The van der Waals surface area contributed by atoms with E-state index in [2.05, 4.69) is 9.47 Å². The van der Waals surface area contributed by atoms with Crippen LogP contribution in [0, 0.1) is 11.8 Å². The second-order valence-corrected chi connectivity index (χ2v) is 5.28. The number of ether oxygens (including phenoxy) is 2. The first-order chi connectivity index (χ1) is 7.41. The zero-order valence-electron chi connectivity index (χ0n) is 8.87. The number of hydrogen-bond donors (Lipinski definition) is 0. The van der Waals surface area contributed by atoms with E-state index in [4.69, 9.17) is 0 Å². The Morgan fingerprint density at radius 1 is 1.25 bits per heavy atom. The van der Waals surface area contributed by atoms with Crippen molar-refractivity contribution in [3.05, 3.63) is 11.5 Å². The highest BCUT2D eigenvalue weighted by molar-refractivity contribution is 7.94. The number of rotatable bonds is 3. The fraction of sp³-hybridized carbons (Fsp3) is 0.556. The highest BCUT2D eigenvalue weighted by atomic mass is 32.2. The minimum Gasteiger partial charge on any atom is -0.468 e. The van der Waals surface area contributed by atoms with Crippen molar-refractivity contribution in [1.29, 1.82) is 0 Å². The zero-order valence-corrected chi connectivity index (χ0v) is 9.69. The molecule has 0 aromatic carbocycles. The molecule has 0 unspecified atom stereocenters. The maximum absolute atomic E-state index is 11.4. The van der Waals surface area contributed by atoms with Crippen LogP contribution in [0.25, 0.3) is 0 Å². The van der Waals surface area contributed by atoms with E-state index in [1.165, 1.54) is 6.08 Å². The van der Waals surface area contributed by atoms with Crippen molar-refractivity contribution in [2.45, 2.75) is 0 Å². The number of sulfone groups is 1. The molecule has 0 spiro atoms.